The number of hydrogen-bond donors (Lipinski definition) is 2. The zero-order valence-electron chi connectivity index (χ0n) is 10.2. The predicted molar refractivity (Wildman–Crippen MR) is 65.7 cm³/mol. The van der Waals surface area contributed by atoms with Gasteiger partial charge in [-0.25, -0.2) is 0 Å². The Kier molecular flexibility index (Phi) is 3.93. The molecule has 88 valence electrons. The second-order valence-corrected chi connectivity index (χ2v) is 4.58. The molecule has 16 heavy (non-hydrogen) atoms. The third-order valence-electron chi connectivity index (χ3n) is 2.47. The van der Waals surface area contributed by atoms with E-state index >= 15 is 0 Å². The van der Waals surface area contributed by atoms with Crippen molar-refractivity contribution in [3.63, 3.8) is 0 Å². The molecule has 0 fully saturated rings. The molecule has 0 aromatic heterocycles. The molecule has 0 spiro atoms. The lowest BCUT2D eigenvalue weighted by atomic mass is 10.0. The molecule has 2 N–H and O–H groups in total. The summed E-state index contributed by atoms with van der Waals surface area (Å²) in [4.78, 5) is 11.5. The van der Waals surface area contributed by atoms with Crippen LogP contribution in [0.25, 0.3) is 0 Å². The van der Waals surface area contributed by atoms with Crippen molar-refractivity contribution in [2.75, 3.05) is 5.32 Å². The fourth-order valence-electron chi connectivity index (χ4n) is 1.29. The molecule has 1 rings (SSSR count). The smallest absolute Gasteiger partial charge is 0.227 e. The zero-order valence-corrected chi connectivity index (χ0v) is 10.2. The molecule has 1 aromatic carbocycles. The van der Waals surface area contributed by atoms with Crippen molar-refractivity contribution >= 4 is 11.6 Å². The van der Waals surface area contributed by atoms with Crippen molar-refractivity contribution < 1.29 is 9.90 Å². The van der Waals surface area contributed by atoms with E-state index in [4.69, 9.17) is 0 Å². The highest BCUT2D eigenvalue weighted by molar-refractivity contribution is 5.93. The van der Waals surface area contributed by atoms with Crippen molar-refractivity contribution in [3.05, 3.63) is 23.8 Å². The fraction of sp³-hybridized carbons (Fsp3) is 0.462. The molecule has 0 bridgehead atoms. The van der Waals surface area contributed by atoms with Crippen LogP contribution >= 0.6 is 0 Å². The molecular formula is C13H19NO2. The van der Waals surface area contributed by atoms with E-state index in [2.05, 4.69) is 19.2 Å². The van der Waals surface area contributed by atoms with E-state index in [1.165, 1.54) is 0 Å². The van der Waals surface area contributed by atoms with Crippen LogP contribution in [0.4, 0.5) is 5.69 Å². The second kappa shape index (κ2) is 5.01. The molecule has 0 heterocycles. The number of nitrogens with one attached hydrogen (secondary N) is 1. The van der Waals surface area contributed by atoms with Crippen molar-refractivity contribution in [3.8, 4) is 5.75 Å². The van der Waals surface area contributed by atoms with Gasteiger partial charge in [-0.15, -0.1) is 0 Å². The number of phenols is 1. The molecule has 0 aliphatic rings. The Balaban J connectivity index is 2.87. The number of phenolic OH excluding ortho intramolecular Hbond substituents is 1. The lowest BCUT2D eigenvalue weighted by molar-refractivity contribution is -0.118. The van der Waals surface area contributed by atoms with E-state index in [-0.39, 0.29) is 17.6 Å². The Hall–Kier alpha value is -1.51. The van der Waals surface area contributed by atoms with E-state index in [9.17, 15) is 9.90 Å². The van der Waals surface area contributed by atoms with Crippen molar-refractivity contribution in [1.82, 2.24) is 0 Å². The van der Waals surface area contributed by atoms with Gasteiger partial charge in [-0.2, -0.15) is 0 Å². The summed E-state index contributed by atoms with van der Waals surface area (Å²) in [5.74, 6) is 0.303. The van der Waals surface area contributed by atoms with Crippen LogP contribution in [0.5, 0.6) is 5.75 Å². The number of aromatic hydroxyl groups is 1. The first kappa shape index (κ1) is 12.6. The van der Waals surface area contributed by atoms with Gasteiger partial charge < -0.3 is 10.4 Å². The Labute approximate surface area is 96.5 Å². The minimum Gasteiger partial charge on any atom is -0.506 e. The van der Waals surface area contributed by atoms with Crippen molar-refractivity contribution in [1.29, 1.82) is 0 Å². The SMILES string of the molecule is CC(C)C(=O)Nc1ccc(C(C)C)cc1O. The summed E-state index contributed by atoms with van der Waals surface area (Å²) in [6.45, 7) is 7.74. The number of carbonyl (C=O) groups excluding carboxylic acids is 1. The Bertz CT molecular complexity index is 384. The Morgan fingerprint density at radius 3 is 2.31 bits per heavy atom. The average molecular weight is 221 g/mol. The van der Waals surface area contributed by atoms with Crippen LogP contribution in [-0.4, -0.2) is 11.0 Å². The summed E-state index contributed by atoms with van der Waals surface area (Å²) < 4.78 is 0. The van der Waals surface area contributed by atoms with Gasteiger partial charge in [-0.1, -0.05) is 33.8 Å². The average Bonchev–Trinajstić information content (AvgIpc) is 2.20. The number of benzene rings is 1. The van der Waals surface area contributed by atoms with Gasteiger partial charge in [0, 0.05) is 5.92 Å². The summed E-state index contributed by atoms with van der Waals surface area (Å²) >= 11 is 0. The summed E-state index contributed by atoms with van der Waals surface area (Å²) in [7, 11) is 0. The number of rotatable bonds is 3. The standard InChI is InChI=1S/C13H19NO2/c1-8(2)10-5-6-11(12(15)7-10)14-13(16)9(3)4/h5-9,15H,1-4H3,(H,14,16). The van der Waals surface area contributed by atoms with Crippen LogP contribution in [0.1, 0.15) is 39.2 Å². The van der Waals surface area contributed by atoms with Gasteiger partial charge in [0.25, 0.3) is 0 Å². The monoisotopic (exact) mass is 221 g/mol. The van der Waals surface area contributed by atoms with Gasteiger partial charge in [0.1, 0.15) is 5.75 Å². The van der Waals surface area contributed by atoms with E-state index < -0.39 is 0 Å². The first-order valence-electron chi connectivity index (χ1n) is 5.55. The maximum Gasteiger partial charge on any atom is 0.227 e. The molecule has 0 atom stereocenters. The van der Waals surface area contributed by atoms with Crippen LogP contribution in [-0.2, 0) is 4.79 Å². The number of carbonyl (C=O) groups is 1. The molecule has 0 saturated heterocycles. The van der Waals surface area contributed by atoms with Gasteiger partial charge in [0.2, 0.25) is 5.91 Å². The van der Waals surface area contributed by atoms with Crippen LogP contribution in [0, 0.1) is 5.92 Å². The third-order valence-corrected chi connectivity index (χ3v) is 2.47. The quantitative estimate of drug-likeness (QED) is 0.770. The summed E-state index contributed by atoms with van der Waals surface area (Å²) in [6, 6.07) is 5.35. The van der Waals surface area contributed by atoms with Crippen LogP contribution < -0.4 is 5.32 Å². The van der Waals surface area contributed by atoms with Crippen LogP contribution in [0.15, 0.2) is 18.2 Å². The van der Waals surface area contributed by atoms with Crippen LogP contribution in [0.2, 0.25) is 0 Å². The first-order valence-corrected chi connectivity index (χ1v) is 5.55. The summed E-state index contributed by atoms with van der Waals surface area (Å²) in [5.41, 5.74) is 1.53. The molecule has 0 radical (unpaired) electrons. The number of amides is 1. The molecule has 1 aromatic rings. The van der Waals surface area contributed by atoms with E-state index in [0.29, 0.717) is 11.6 Å². The van der Waals surface area contributed by atoms with Crippen molar-refractivity contribution in [2.45, 2.75) is 33.6 Å². The Morgan fingerprint density at radius 1 is 1.25 bits per heavy atom. The number of hydrogen-bond acceptors (Lipinski definition) is 2. The topological polar surface area (TPSA) is 49.3 Å². The lowest BCUT2D eigenvalue weighted by Crippen LogP contribution is -2.17. The Morgan fingerprint density at radius 2 is 1.88 bits per heavy atom. The minimum absolute atomic E-state index is 0.0902. The fourth-order valence-corrected chi connectivity index (χ4v) is 1.29. The highest BCUT2D eigenvalue weighted by atomic mass is 16.3. The molecule has 3 nitrogen and oxygen atoms in total. The molecule has 0 unspecified atom stereocenters. The molecule has 3 heteroatoms. The normalized spacial score (nSPS) is 10.9. The predicted octanol–water partition coefficient (Wildman–Crippen LogP) is 3.11. The second-order valence-electron chi connectivity index (χ2n) is 4.58. The molecule has 0 aliphatic heterocycles. The first-order chi connectivity index (χ1) is 7.41. The molecule has 0 saturated carbocycles. The lowest BCUT2D eigenvalue weighted by Gasteiger charge is -2.12. The van der Waals surface area contributed by atoms with Crippen molar-refractivity contribution in [2.24, 2.45) is 5.92 Å². The highest BCUT2D eigenvalue weighted by Crippen LogP contribution is 2.27. The van der Waals surface area contributed by atoms with E-state index in [1.807, 2.05) is 19.9 Å². The van der Waals surface area contributed by atoms with Gasteiger partial charge in [0.15, 0.2) is 0 Å². The minimum atomic E-state index is -0.0934. The summed E-state index contributed by atoms with van der Waals surface area (Å²) in [6.07, 6.45) is 0. The van der Waals surface area contributed by atoms with E-state index in [0.717, 1.165) is 5.56 Å². The maximum atomic E-state index is 11.5. The highest BCUT2D eigenvalue weighted by Gasteiger charge is 2.10. The third kappa shape index (κ3) is 2.99. The molecule has 0 aliphatic carbocycles. The zero-order chi connectivity index (χ0) is 12.3. The number of anilines is 1. The van der Waals surface area contributed by atoms with Gasteiger partial charge in [0.05, 0.1) is 5.69 Å². The largest absolute Gasteiger partial charge is 0.506 e. The molecule has 1 amide bonds. The van der Waals surface area contributed by atoms with Gasteiger partial charge in [-0.3, -0.25) is 4.79 Å². The van der Waals surface area contributed by atoms with Gasteiger partial charge in [-0.05, 0) is 23.6 Å². The molecular weight excluding hydrogens is 202 g/mol. The van der Waals surface area contributed by atoms with Gasteiger partial charge >= 0.3 is 0 Å². The maximum absolute atomic E-state index is 11.5. The summed E-state index contributed by atoms with van der Waals surface area (Å²) in [5, 5.41) is 12.4. The van der Waals surface area contributed by atoms with Crippen LogP contribution in [0.3, 0.4) is 0 Å². The van der Waals surface area contributed by atoms with E-state index in [1.54, 1.807) is 12.1 Å².